The number of amides is 1. The maximum atomic E-state index is 12.9. The molecule has 1 aromatic carbocycles. The molecule has 0 spiro atoms. The first-order valence-corrected chi connectivity index (χ1v) is 10.3. The Labute approximate surface area is 163 Å². The highest BCUT2D eigenvalue weighted by Crippen LogP contribution is 2.21. The van der Waals surface area contributed by atoms with Gasteiger partial charge in [0.1, 0.15) is 0 Å². The lowest BCUT2D eigenvalue weighted by atomic mass is 10.1. The van der Waals surface area contributed by atoms with Crippen molar-refractivity contribution in [2.45, 2.75) is 57.3 Å². The molecule has 6 nitrogen and oxygen atoms in total. The van der Waals surface area contributed by atoms with E-state index in [4.69, 9.17) is 5.26 Å². The molecule has 1 fully saturated rings. The van der Waals surface area contributed by atoms with E-state index in [1.54, 1.807) is 22.8 Å². The molecule has 0 saturated heterocycles. The Balaban J connectivity index is 1.98. The number of carbonyl (C=O) groups is 1. The molecule has 142 valence electrons. The Bertz CT molecular complexity index is 939. The van der Waals surface area contributed by atoms with Crippen molar-refractivity contribution in [2.24, 2.45) is 5.92 Å². The van der Waals surface area contributed by atoms with E-state index in [1.165, 1.54) is 11.8 Å². The predicted octanol–water partition coefficient (Wildman–Crippen LogP) is 3.34. The van der Waals surface area contributed by atoms with E-state index >= 15 is 0 Å². The molecule has 0 atom stereocenters. The number of rotatable bonds is 6. The van der Waals surface area contributed by atoms with Crippen LogP contribution < -0.4 is 10.9 Å². The molecule has 1 aliphatic rings. The van der Waals surface area contributed by atoms with E-state index in [2.05, 4.69) is 16.4 Å². The van der Waals surface area contributed by atoms with Gasteiger partial charge >= 0.3 is 0 Å². The zero-order valence-electron chi connectivity index (χ0n) is 15.7. The largest absolute Gasteiger partial charge is 0.349 e. The Hall–Kier alpha value is -2.33. The smallest absolute Gasteiger partial charge is 0.262 e. The van der Waals surface area contributed by atoms with Gasteiger partial charge in [0.25, 0.3) is 11.5 Å². The molecular weight excluding hydrogens is 360 g/mol. The van der Waals surface area contributed by atoms with Crippen LogP contribution in [0.3, 0.4) is 0 Å². The summed E-state index contributed by atoms with van der Waals surface area (Å²) in [5.74, 6) is 0.376. The van der Waals surface area contributed by atoms with Crippen molar-refractivity contribution in [3.8, 4) is 6.07 Å². The van der Waals surface area contributed by atoms with Crippen molar-refractivity contribution >= 4 is 28.6 Å². The Morgan fingerprint density at radius 2 is 2.15 bits per heavy atom. The summed E-state index contributed by atoms with van der Waals surface area (Å²) in [7, 11) is 0. The molecule has 7 heteroatoms. The first-order valence-electron chi connectivity index (χ1n) is 9.35. The van der Waals surface area contributed by atoms with Crippen molar-refractivity contribution < 1.29 is 4.79 Å². The van der Waals surface area contributed by atoms with Crippen LogP contribution in [0.2, 0.25) is 0 Å². The lowest BCUT2D eigenvalue weighted by molar-refractivity contribution is 0.0938. The number of thioether (sulfide) groups is 1. The molecule has 0 radical (unpaired) electrons. The van der Waals surface area contributed by atoms with Gasteiger partial charge in [-0.25, -0.2) is 4.98 Å². The lowest BCUT2D eigenvalue weighted by Crippen LogP contribution is -2.32. The summed E-state index contributed by atoms with van der Waals surface area (Å²) in [5.41, 5.74) is 0.885. The van der Waals surface area contributed by atoms with Gasteiger partial charge in [-0.05, 0) is 37.0 Å². The molecule has 1 saturated carbocycles. The molecule has 0 bridgehead atoms. The van der Waals surface area contributed by atoms with Gasteiger partial charge in [-0.1, -0.05) is 38.5 Å². The first-order chi connectivity index (χ1) is 13.0. The second kappa shape index (κ2) is 8.57. The summed E-state index contributed by atoms with van der Waals surface area (Å²) >= 11 is 1.25. The summed E-state index contributed by atoms with van der Waals surface area (Å²) in [6, 6.07) is 7.37. The second-order valence-electron chi connectivity index (χ2n) is 7.34. The van der Waals surface area contributed by atoms with E-state index in [0.29, 0.717) is 28.2 Å². The van der Waals surface area contributed by atoms with Crippen molar-refractivity contribution in [3.63, 3.8) is 0 Å². The van der Waals surface area contributed by atoms with Gasteiger partial charge in [0, 0.05) is 18.2 Å². The fourth-order valence-corrected chi connectivity index (χ4v) is 4.08. The number of nitrogens with zero attached hydrogens (tertiary/aromatic N) is 3. The van der Waals surface area contributed by atoms with Crippen LogP contribution in [-0.4, -0.2) is 27.3 Å². The zero-order chi connectivity index (χ0) is 19.4. The third-order valence-electron chi connectivity index (χ3n) is 4.69. The summed E-state index contributed by atoms with van der Waals surface area (Å²) < 4.78 is 1.63. The maximum Gasteiger partial charge on any atom is 0.262 e. The monoisotopic (exact) mass is 384 g/mol. The Morgan fingerprint density at radius 1 is 1.41 bits per heavy atom. The number of benzene rings is 1. The normalized spacial score (nSPS) is 14.6. The second-order valence-corrected chi connectivity index (χ2v) is 8.28. The van der Waals surface area contributed by atoms with Gasteiger partial charge in [-0.2, -0.15) is 5.26 Å². The quantitative estimate of drug-likeness (QED) is 0.610. The van der Waals surface area contributed by atoms with Crippen LogP contribution in [0.25, 0.3) is 10.9 Å². The molecule has 1 N–H and O–H groups in total. The number of aromatic nitrogens is 2. The summed E-state index contributed by atoms with van der Waals surface area (Å²) in [6.45, 7) is 4.61. The number of nitriles is 1. The average molecular weight is 385 g/mol. The van der Waals surface area contributed by atoms with Crippen molar-refractivity contribution in [3.05, 3.63) is 34.1 Å². The third-order valence-corrected chi connectivity index (χ3v) is 5.53. The molecule has 1 amide bonds. The molecular formula is C20H24N4O2S. The third kappa shape index (κ3) is 4.51. The van der Waals surface area contributed by atoms with E-state index in [0.717, 1.165) is 25.7 Å². The fourth-order valence-electron chi connectivity index (χ4n) is 3.41. The fraction of sp³-hybridized carbons (Fsp3) is 0.500. The molecule has 3 rings (SSSR count). The summed E-state index contributed by atoms with van der Waals surface area (Å²) in [5, 5.41) is 13.0. The van der Waals surface area contributed by atoms with Crippen LogP contribution in [0.5, 0.6) is 0 Å². The molecule has 0 unspecified atom stereocenters. The van der Waals surface area contributed by atoms with Crippen molar-refractivity contribution in [1.82, 2.24) is 14.9 Å². The molecule has 0 aliphatic heterocycles. The molecule has 27 heavy (non-hydrogen) atoms. The van der Waals surface area contributed by atoms with Crippen molar-refractivity contribution in [2.75, 3.05) is 5.75 Å². The zero-order valence-corrected chi connectivity index (χ0v) is 16.5. The van der Waals surface area contributed by atoms with Gasteiger partial charge in [0.05, 0.1) is 22.7 Å². The minimum atomic E-state index is -0.128. The highest BCUT2D eigenvalue weighted by Gasteiger charge is 2.19. The van der Waals surface area contributed by atoms with Crippen LogP contribution in [0.15, 0.2) is 28.2 Å². The standard InChI is InChI=1S/C20H24N4O2S/c1-13(2)12-24-19(26)16-8-7-14(18(25)22-15-5-3-4-6-15)11-17(16)23-20(24)27-10-9-21/h7-8,11,13,15H,3-6,10,12H2,1-2H3,(H,22,25). The summed E-state index contributed by atoms with van der Waals surface area (Å²) in [6.07, 6.45) is 4.34. The number of hydrogen-bond acceptors (Lipinski definition) is 5. The van der Waals surface area contributed by atoms with Gasteiger partial charge in [0.2, 0.25) is 0 Å². The SMILES string of the molecule is CC(C)Cn1c(SCC#N)nc2cc(C(=O)NC3CCCC3)ccc2c1=O. The minimum Gasteiger partial charge on any atom is -0.349 e. The minimum absolute atomic E-state index is 0.122. The topological polar surface area (TPSA) is 87.8 Å². The van der Waals surface area contributed by atoms with Gasteiger partial charge in [-0.3, -0.25) is 14.2 Å². The highest BCUT2D eigenvalue weighted by molar-refractivity contribution is 7.99. The van der Waals surface area contributed by atoms with Gasteiger partial charge in [-0.15, -0.1) is 0 Å². The van der Waals surface area contributed by atoms with Gasteiger partial charge in [0.15, 0.2) is 5.16 Å². The van der Waals surface area contributed by atoms with Crippen LogP contribution in [0.4, 0.5) is 0 Å². The van der Waals surface area contributed by atoms with Crippen LogP contribution >= 0.6 is 11.8 Å². The number of fused-ring (bicyclic) bond motifs is 1. The van der Waals surface area contributed by atoms with E-state index in [9.17, 15) is 9.59 Å². The van der Waals surface area contributed by atoms with E-state index in [1.807, 2.05) is 13.8 Å². The molecule has 2 aromatic rings. The maximum absolute atomic E-state index is 12.9. The van der Waals surface area contributed by atoms with Crippen LogP contribution in [-0.2, 0) is 6.54 Å². The van der Waals surface area contributed by atoms with Crippen LogP contribution in [0, 0.1) is 17.2 Å². The van der Waals surface area contributed by atoms with Gasteiger partial charge < -0.3 is 5.32 Å². The Morgan fingerprint density at radius 3 is 2.81 bits per heavy atom. The average Bonchev–Trinajstić information content (AvgIpc) is 3.15. The Kier molecular flexibility index (Phi) is 6.17. The molecule has 1 aromatic heterocycles. The molecule has 1 heterocycles. The number of nitrogens with one attached hydrogen (secondary N) is 1. The first kappa shape index (κ1) is 19.4. The number of hydrogen-bond donors (Lipinski definition) is 1. The predicted molar refractivity (Wildman–Crippen MR) is 107 cm³/mol. The highest BCUT2D eigenvalue weighted by atomic mass is 32.2. The van der Waals surface area contributed by atoms with E-state index < -0.39 is 0 Å². The number of carbonyl (C=O) groups excluding carboxylic acids is 1. The van der Waals surface area contributed by atoms with Crippen LogP contribution in [0.1, 0.15) is 49.9 Å². The molecule has 1 aliphatic carbocycles. The van der Waals surface area contributed by atoms with E-state index in [-0.39, 0.29) is 29.2 Å². The van der Waals surface area contributed by atoms with Crippen molar-refractivity contribution in [1.29, 1.82) is 5.26 Å². The summed E-state index contributed by atoms with van der Waals surface area (Å²) in [4.78, 5) is 30.1. The lowest BCUT2D eigenvalue weighted by Gasteiger charge is -2.15.